The van der Waals surface area contributed by atoms with E-state index in [2.05, 4.69) is 5.32 Å². The largest absolute Gasteiger partial charge is 0.486 e. The van der Waals surface area contributed by atoms with E-state index in [-0.39, 0.29) is 41.7 Å². The van der Waals surface area contributed by atoms with Crippen LogP contribution in [0.15, 0.2) is 23.2 Å². The summed E-state index contributed by atoms with van der Waals surface area (Å²) in [5.41, 5.74) is 6.38. The summed E-state index contributed by atoms with van der Waals surface area (Å²) in [4.78, 5) is 33.1. The van der Waals surface area contributed by atoms with Gasteiger partial charge >= 0.3 is 0 Å². The lowest BCUT2D eigenvalue weighted by Gasteiger charge is -2.40. The lowest BCUT2D eigenvalue weighted by Crippen LogP contribution is -2.56. The third-order valence-corrected chi connectivity index (χ3v) is 8.34. The number of nitrogens with zero attached hydrogens (tertiary/aromatic N) is 2. The SMILES string of the molecule is CCC1(CC)CC(=O)N([C@H](CCOC)[C@@H]2C[C@H]2C(=O)NC2CC(C)(C)Oc3c(Cl)cccc32)C(N)=N1. The lowest BCUT2D eigenvalue weighted by molar-refractivity contribution is -0.133. The highest BCUT2D eigenvalue weighted by molar-refractivity contribution is 6.32. The van der Waals surface area contributed by atoms with Crippen LogP contribution in [-0.4, -0.2) is 53.6 Å². The fourth-order valence-corrected chi connectivity index (χ4v) is 6.01. The fourth-order valence-electron chi connectivity index (χ4n) is 5.79. The van der Waals surface area contributed by atoms with Gasteiger partial charge in [-0.3, -0.25) is 14.5 Å². The van der Waals surface area contributed by atoms with Crippen molar-refractivity contribution in [2.75, 3.05) is 13.7 Å². The van der Waals surface area contributed by atoms with Crippen molar-refractivity contribution >= 4 is 29.4 Å². The molecule has 2 heterocycles. The number of para-hydroxylation sites is 1. The molecule has 0 radical (unpaired) electrons. The van der Waals surface area contributed by atoms with Gasteiger partial charge < -0.3 is 20.5 Å². The highest BCUT2D eigenvalue weighted by Crippen LogP contribution is 2.48. The van der Waals surface area contributed by atoms with Gasteiger partial charge in [0.15, 0.2) is 5.96 Å². The van der Waals surface area contributed by atoms with Crippen LogP contribution in [0.25, 0.3) is 0 Å². The zero-order valence-corrected chi connectivity index (χ0v) is 22.7. The number of fused-ring (bicyclic) bond motifs is 1. The highest BCUT2D eigenvalue weighted by Gasteiger charge is 2.53. The van der Waals surface area contributed by atoms with Crippen molar-refractivity contribution < 1.29 is 19.1 Å². The first-order valence-electron chi connectivity index (χ1n) is 13.0. The summed E-state index contributed by atoms with van der Waals surface area (Å²) in [5, 5.41) is 3.78. The first-order valence-corrected chi connectivity index (χ1v) is 13.4. The van der Waals surface area contributed by atoms with Gasteiger partial charge in [0.25, 0.3) is 0 Å². The molecule has 198 valence electrons. The molecule has 1 aromatic carbocycles. The van der Waals surface area contributed by atoms with Crippen LogP contribution in [0.2, 0.25) is 5.02 Å². The first-order chi connectivity index (χ1) is 17.0. The number of ether oxygens (including phenoxy) is 2. The smallest absolute Gasteiger partial charge is 0.231 e. The lowest BCUT2D eigenvalue weighted by atomic mass is 9.87. The summed E-state index contributed by atoms with van der Waals surface area (Å²) in [6.07, 6.45) is 3.78. The summed E-state index contributed by atoms with van der Waals surface area (Å²) < 4.78 is 11.5. The summed E-state index contributed by atoms with van der Waals surface area (Å²) >= 11 is 6.40. The monoisotopic (exact) mass is 518 g/mol. The molecule has 2 aliphatic heterocycles. The van der Waals surface area contributed by atoms with E-state index in [4.69, 9.17) is 31.8 Å². The van der Waals surface area contributed by atoms with Crippen LogP contribution in [-0.2, 0) is 14.3 Å². The second-order valence-corrected chi connectivity index (χ2v) is 11.4. The molecule has 0 spiro atoms. The molecule has 8 nitrogen and oxygen atoms in total. The number of rotatable bonds is 9. The highest BCUT2D eigenvalue weighted by atomic mass is 35.5. The molecular weight excluding hydrogens is 480 g/mol. The van der Waals surface area contributed by atoms with Crippen LogP contribution >= 0.6 is 11.6 Å². The van der Waals surface area contributed by atoms with Crippen molar-refractivity contribution in [1.82, 2.24) is 10.2 Å². The number of nitrogens with one attached hydrogen (secondary N) is 1. The van der Waals surface area contributed by atoms with Gasteiger partial charge in [0.1, 0.15) is 11.4 Å². The van der Waals surface area contributed by atoms with Crippen molar-refractivity contribution in [2.45, 2.75) is 89.4 Å². The molecule has 0 saturated heterocycles. The van der Waals surface area contributed by atoms with Crippen molar-refractivity contribution in [3.05, 3.63) is 28.8 Å². The van der Waals surface area contributed by atoms with E-state index in [1.807, 2.05) is 39.8 Å². The number of halogens is 1. The summed E-state index contributed by atoms with van der Waals surface area (Å²) in [6.45, 7) is 8.54. The van der Waals surface area contributed by atoms with Crippen LogP contribution in [0.4, 0.5) is 0 Å². The number of hydrogen-bond donors (Lipinski definition) is 2. The van der Waals surface area contributed by atoms with Crippen molar-refractivity contribution in [2.24, 2.45) is 22.6 Å². The number of nitrogens with two attached hydrogens (primary N) is 1. The third-order valence-electron chi connectivity index (χ3n) is 8.05. The Morgan fingerprint density at radius 2 is 2.08 bits per heavy atom. The average Bonchev–Trinajstić information content (AvgIpc) is 3.61. The molecule has 3 aliphatic rings. The molecule has 0 aromatic heterocycles. The normalized spacial score (nSPS) is 26.9. The molecule has 3 N–H and O–H groups in total. The van der Waals surface area contributed by atoms with Crippen LogP contribution in [0.3, 0.4) is 0 Å². The van der Waals surface area contributed by atoms with E-state index in [9.17, 15) is 9.59 Å². The molecule has 36 heavy (non-hydrogen) atoms. The van der Waals surface area contributed by atoms with Gasteiger partial charge in [-0.25, -0.2) is 4.99 Å². The molecule has 1 saturated carbocycles. The van der Waals surface area contributed by atoms with Crippen molar-refractivity contribution in [3.63, 3.8) is 0 Å². The van der Waals surface area contributed by atoms with Crippen LogP contribution in [0, 0.1) is 11.8 Å². The minimum atomic E-state index is -0.462. The second-order valence-electron chi connectivity index (χ2n) is 11.0. The Labute approximate surface area is 218 Å². The fraction of sp³-hybridized carbons (Fsp3) is 0.667. The van der Waals surface area contributed by atoms with Gasteiger partial charge in [-0.2, -0.15) is 0 Å². The van der Waals surface area contributed by atoms with E-state index in [0.717, 1.165) is 18.4 Å². The molecular formula is C27H39ClN4O4. The van der Waals surface area contributed by atoms with Gasteiger partial charge in [0.2, 0.25) is 11.8 Å². The Morgan fingerprint density at radius 3 is 2.72 bits per heavy atom. The number of aliphatic imine (C=N–C) groups is 1. The van der Waals surface area contributed by atoms with Crippen LogP contribution in [0.1, 0.15) is 77.8 Å². The van der Waals surface area contributed by atoms with E-state index >= 15 is 0 Å². The van der Waals surface area contributed by atoms with E-state index in [1.54, 1.807) is 18.1 Å². The Kier molecular flexibility index (Phi) is 7.58. The van der Waals surface area contributed by atoms with Crippen molar-refractivity contribution in [3.8, 4) is 5.75 Å². The number of carbonyl (C=O) groups is 2. The average molecular weight is 519 g/mol. The number of hydrogen-bond acceptors (Lipinski definition) is 6. The van der Waals surface area contributed by atoms with Gasteiger partial charge in [-0.15, -0.1) is 0 Å². The first kappa shape index (κ1) is 26.7. The number of methoxy groups -OCH3 is 1. The molecule has 0 bridgehead atoms. The molecule has 9 heteroatoms. The molecule has 2 amide bonds. The predicted octanol–water partition coefficient (Wildman–Crippen LogP) is 4.21. The number of benzene rings is 1. The molecule has 1 aromatic rings. The Hall–Kier alpha value is -2.32. The van der Waals surface area contributed by atoms with Gasteiger partial charge in [0, 0.05) is 37.7 Å². The topological polar surface area (TPSA) is 106 Å². The van der Waals surface area contributed by atoms with E-state index in [1.165, 1.54) is 0 Å². The zero-order valence-electron chi connectivity index (χ0n) is 22.0. The number of carbonyl (C=O) groups excluding carboxylic acids is 2. The molecule has 1 unspecified atom stereocenters. The maximum Gasteiger partial charge on any atom is 0.231 e. The van der Waals surface area contributed by atoms with E-state index < -0.39 is 11.1 Å². The minimum Gasteiger partial charge on any atom is -0.486 e. The quantitative estimate of drug-likeness (QED) is 0.509. The molecule has 4 atom stereocenters. The third kappa shape index (κ3) is 5.21. The Bertz CT molecular complexity index is 1040. The summed E-state index contributed by atoms with van der Waals surface area (Å²) in [6, 6.07) is 5.19. The molecule has 1 fully saturated rings. The van der Waals surface area contributed by atoms with Gasteiger partial charge in [-0.05, 0) is 51.5 Å². The van der Waals surface area contributed by atoms with Crippen molar-refractivity contribution in [1.29, 1.82) is 0 Å². The molecule has 1 aliphatic carbocycles. The Morgan fingerprint density at radius 1 is 1.36 bits per heavy atom. The predicted molar refractivity (Wildman–Crippen MR) is 140 cm³/mol. The van der Waals surface area contributed by atoms with Crippen LogP contribution in [0.5, 0.6) is 5.75 Å². The maximum atomic E-state index is 13.4. The Balaban J connectivity index is 1.52. The minimum absolute atomic E-state index is 0.000264. The summed E-state index contributed by atoms with van der Waals surface area (Å²) in [7, 11) is 1.64. The maximum absolute atomic E-state index is 13.4. The van der Waals surface area contributed by atoms with Crippen LogP contribution < -0.4 is 15.8 Å². The summed E-state index contributed by atoms with van der Waals surface area (Å²) in [5.74, 6) is 0.645. The van der Waals surface area contributed by atoms with Gasteiger partial charge in [-0.1, -0.05) is 37.6 Å². The zero-order chi connectivity index (χ0) is 26.3. The van der Waals surface area contributed by atoms with E-state index in [0.29, 0.717) is 43.1 Å². The number of amides is 2. The van der Waals surface area contributed by atoms with Gasteiger partial charge in [0.05, 0.1) is 23.0 Å². The second kappa shape index (κ2) is 10.2. The standard InChI is InChI=1S/C27H39ClN4O4/c1-6-27(7-2)15-22(33)32(25(29)31-27)21(11-12-35-5)17-13-18(17)24(34)30-20-14-26(3,4)36-23-16(20)9-8-10-19(23)28/h8-10,17-18,20-21H,6-7,11-15H2,1-5H3,(H2,29,31)(H,30,34)/t17-,18-,20?,21-/m1/s1. The number of guanidine groups is 1. The molecule has 4 rings (SSSR count).